The quantitative estimate of drug-likeness (QED) is 0.747. The number of Topliss-reactive ketones (excluding diaryl/α,β-unsaturated/α-hetero) is 1. The van der Waals surface area contributed by atoms with Crippen molar-refractivity contribution < 1.29 is 9.59 Å². The van der Waals surface area contributed by atoms with Gasteiger partial charge in [-0.25, -0.2) is 0 Å². The summed E-state index contributed by atoms with van der Waals surface area (Å²) in [5.41, 5.74) is 2.14. The Bertz CT molecular complexity index is 890. The van der Waals surface area contributed by atoms with Gasteiger partial charge in [0.2, 0.25) is 5.91 Å². The molecule has 0 saturated heterocycles. The fraction of sp³-hybridized carbons (Fsp3) is 0.381. The number of benzene rings is 1. The van der Waals surface area contributed by atoms with E-state index < -0.39 is 5.92 Å². The predicted octanol–water partition coefficient (Wildman–Crippen LogP) is 4.27. The lowest BCUT2D eigenvalue weighted by Gasteiger charge is -2.29. The zero-order valence-electron chi connectivity index (χ0n) is 16.6. The summed E-state index contributed by atoms with van der Waals surface area (Å²) in [7, 11) is 0. The molecule has 0 spiro atoms. The average molecular weight is 418 g/mol. The lowest BCUT2D eigenvalue weighted by molar-refractivity contribution is -0.120. The minimum absolute atomic E-state index is 0.104. The van der Waals surface area contributed by atoms with E-state index >= 15 is 0 Å². The van der Waals surface area contributed by atoms with Crippen LogP contribution in [0.4, 0.5) is 0 Å². The Morgan fingerprint density at radius 1 is 1.29 bits per heavy atom. The normalized spacial score (nSPS) is 17.1. The molecule has 28 heavy (non-hydrogen) atoms. The van der Waals surface area contributed by atoms with Crippen molar-refractivity contribution in [1.82, 2.24) is 10.6 Å². The van der Waals surface area contributed by atoms with Crippen molar-refractivity contribution in [3.8, 4) is 6.07 Å². The van der Waals surface area contributed by atoms with E-state index in [4.69, 9.17) is 11.6 Å². The van der Waals surface area contributed by atoms with Crippen LogP contribution in [0, 0.1) is 11.3 Å². The highest BCUT2D eigenvalue weighted by molar-refractivity contribution is 8.03. The molecule has 2 rings (SSSR count). The van der Waals surface area contributed by atoms with Gasteiger partial charge in [0.1, 0.15) is 0 Å². The third-order valence-corrected chi connectivity index (χ3v) is 5.36. The molecule has 1 aromatic carbocycles. The van der Waals surface area contributed by atoms with Gasteiger partial charge in [-0.1, -0.05) is 35.5 Å². The Morgan fingerprint density at radius 2 is 1.89 bits per heavy atom. The van der Waals surface area contributed by atoms with Crippen molar-refractivity contribution >= 4 is 35.1 Å². The molecule has 1 aliphatic heterocycles. The number of nitrogens with zero attached hydrogens (tertiary/aromatic N) is 1. The summed E-state index contributed by atoms with van der Waals surface area (Å²) in [5, 5.41) is 17.1. The van der Waals surface area contributed by atoms with Gasteiger partial charge in [0.15, 0.2) is 5.78 Å². The van der Waals surface area contributed by atoms with Crippen molar-refractivity contribution in [1.29, 1.82) is 5.26 Å². The van der Waals surface area contributed by atoms with E-state index in [1.807, 2.05) is 39.8 Å². The third kappa shape index (κ3) is 5.40. The fourth-order valence-electron chi connectivity index (χ4n) is 3.07. The molecule has 1 atom stereocenters. The first-order valence-electron chi connectivity index (χ1n) is 8.85. The van der Waals surface area contributed by atoms with Crippen LogP contribution in [0.15, 0.2) is 46.1 Å². The van der Waals surface area contributed by atoms with Crippen LogP contribution in [0.25, 0.3) is 0 Å². The van der Waals surface area contributed by atoms with E-state index in [9.17, 15) is 14.9 Å². The summed E-state index contributed by atoms with van der Waals surface area (Å²) >= 11 is 7.26. The number of amides is 1. The van der Waals surface area contributed by atoms with Crippen LogP contribution in [-0.4, -0.2) is 23.0 Å². The molecule has 1 heterocycles. The van der Waals surface area contributed by atoms with E-state index in [-0.39, 0.29) is 23.0 Å². The summed E-state index contributed by atoms with van der Waals surface area (Å²) in [6, 6.07) is 9.36. The smallest absolute Gasteiger partial charge is 0.230 e. The number of nitriles is 1. The molecule has 1 aromatic rings. The Balaban J connectivity index is 2.41. The predicted molar refractivity (Wildman–Crippen MR) is 114 cm³/mol. The molecule has 0 saturated carbocycles. The zero-order chi connectivity index (χ0) is 21.1. The number of halogens is 1. The monoisotopic (exact) mass is 417 g/mol. The maximum absolute atomic E-state index is 12.3. The number of dihydropyridines is 1. The van der Waals surface area contributed by atoms with Gasteiger partial charge in [-0.3, -0.25) is 9.59 Å². The Hall–Kier alpha value is -2.23. The van der Waals surface area contributed by atoms with Gasteiger partial charge in [-0.05, 0) is 52.3 Å². The number of hydrogen-bond donors (Lipinski definition) is 2. The number of ketones is 1. The van der Waals surface area contributed by atoms with Gasteiger partial charge in [0.25, 0.3) is 0 Å². The highest BCUT2D eigenvalue weighted by Gasteiger charge is 2.33. The number of carbonyl (C=O) groups is 2. The molecule has 1 amide bonds. The minimum Gasteiger partial charge on any atom is -0.353 e. The molecule has 0 aromatic heterocycles. The van der Waals surface area contributed by atoms with Crippen molar-refractivity contribution in [2.75, 3.05) is 5.75 Å². The van der Waals surface area contributed by atoms with Gasteiger partial charge in [-0.15, -0.1) is 0 Å². The first-order valence-corrected chi connectivity index (χ1v) is 10.2. The standard InChI is InChI=1S/C21H24ClN3O2S/c1-12-18(13(2)26)19(14-6-8-15(22)9-7-14)16(10-23)20(24-12)28-11-17(27)25-21(3,4)5/h6-9,19,24H,11H2,1-5H3,(H,25,27)/t19-/m0/s1. The molecular formula is C21H24ClN3O2S. The summed E-state index contributed by atoms with van der Waals surface area (Å²) < 4.78 is 0. The van der Waals surface area contributed by atoms with Crippen LogP contribution in [-0.2, 0) is 9.59 Å². The molecule has 0 radical (unpaired) electrons. The van der Waals surface area contributed by atoms with E-state index in [0.717, 1.165) is 5.56 Å². The van der Waals surface area contributed by atoms with E-state index in [1.54, 1.807) is 12.1 Å². The Morgan fingerprint density at radius 3 is 2.39 bits per heavy atom. The minimum atomic E-state index is -0.491. The van der Waals surface area contributed by atoms with Crippen LogP contribution in [0.3, 0.4) is 0 Å². The maximum atomic E-state index is 12.3. The second kappa shape index (κ2) is 8.85. The molecule has 0 unspecified atom stereocenters. The Kier molecular flexibility index (Phi) is 6.97. The van der Waals surface area contributed by atoms with Crippen LogP contribution in [0.5, 0.6) is 0 Å². The number of allylic oxidation sites excluding steroid dienone is 3. The molecular weight excluding hydrogens is 394 g/mol. The van der Waals surface area contributed by atoms with Crippen molar-refractivity contribution in [3.05, 3.63) is 56.7 Å². The van der Waals surface area contributed by atoms with E-state index in [1.165, 1.54) is 18.7 Å². The van der Waals surface area contributed by atoms with Crippen molar-refractivity contribution in [2.45, 2.75) is 46.1 Å². The van der Waals surface area contributed by atoms with Gasteiger partial charge < -0.3 is 10.6 Å². The van der Waals surface area contributed by atoms with Gasteiger partial charge in [0.05, 0.1) is 28.3 Å². The largest absolute Gasteiger partial charge is 0.353 e. The summed E-state index contributed by atoms with van der Waals surface area (Å²) in [6.07, 6.45) is 0. The lowest BCUT2D eigenvalue weighted by atomic mass is 9.81. The number of nitrogens with one attached hydrogen (secondary N) is 2. The molecule has 7 heteroatoms. The SMILES string of the molecule is CC(=O)C1=C(C)NC(SCC(=O)NC(C)(C)C)=C(C#N)[C@@H]1c1ccc(Cl)cc1. The fourth-order valence-corrected chi connectivity index (χ4v) is 4.09. The zero-order valence-corrected chi connectivity index (χ0v) is 18.2. The lowest BCUT2D eigenvalue weighted by Crippen LogP contribution is -2.41. The molecule has 5 nitrogen and oxygen atoms in total. The molecule has 0 aliphatic carbocycles. The number of rotatable bonds is 5. The van der Waals surface area contributed by atoms with Gasteiger partial charge in [-0.2, -0.15) is 5.26 Å². The van der Waals surface area contributed by atoms with Crippen LogP contribution < -0.4 is 10.6 Å². The summed E-state index contributed by atoms with van der Waals surface area (Å²) in [6.45, 7) is 9.04. The van der Waals surface area contributed by atoms with Gasteiger partial charge >= 0.3 is 0 Å². The highest BCUT2D eigenvalue weighted by Crippen LogP contribution is 2.41. The third-order valence-electron chi connectivity index (χ3n) is 4.09. The number of carbonyl (C=O) groups excluding carboxylic acids is 2. The first kappa shape index (κ1) is 22.1. The van der Waals surface area contributed by atoms with Crippen LogP contribution in [0.1, 0.15) is 46.1 Å². The van der Waals surface area contributed by atoms with Crippen LogP contribution >= 0.6 is 23.4 Å². The maximum Gasteiger partial charge on any atom is 0.230 e. The Labute approximate surface area is 175 Å². The first-order chi connectivity index (χ1) is 13.0. The summed E-state index contributed by atoms with van der Waals surface area (Å²) in [5.74, 6) is -0.548. The second-order valence-corrected chi connectivity index (χ2v) is 9.07. The molecule has 0 fully saturated rings. The highest BCUT2D eigenvalue weighted by atomic mass is 35.5. The van der Waals surface area contributed by atoms with E-state index in [2.05, 4.69) is 16.7 Å². The summed E-state index contributed by atoms with van der Waals surface area (Å²) in [4.78, 5) is 24.5. The molecule has 2 N–H and O–H groups in total. The van der Waals surface area contributed by atoms with Crippen molar-refractivity contribution in [3.63, 3.8) is 0 Å². The topological polar surface area (TPSA) is 82.0 Å². The number of thioether (sulfide) groups is 1. The number of hydrogen-bond acceptors (Lipinski definition) is 5. The van der Waals surface area contributed by atoms with Crippen molar-refractivity contribution in [2.24, 2.45) is 0 Å². The van der Waals surface area contributed by atoms with Gasteiger partial charge in [0, 0.05) is 21.8 Å². The molecule has 0 bridgehead atoms. The van der Waals surface area contributed by atoms with E-state index in [0.29, 0.717) is 26.9 Å². The average Bonchev–Trinajstić information content (AvgIpc) is 2.58. The molecule has 1 aliphatic rings. The van der Waals surface area contributed by atoms with Crippen LogP contribution in [0.2, 0.25) is 5.02 Å². The second-order valence-electron chi connectivity index (χ2n) is 7.65. The molecule has 148 valence electrons.